The van der Waals surface area contributed by atoms with Crippen LogP contribution in [-0.4, -0.2) is 78.1 Å². The van der Waals surface area contributed by atoms with Crippen molar-refractivity contribution in [3.8, 4) is 17.1 Å². The van der Waals surface area contributed by atoms with Gasteiger partial charge in [0.1, 0.15) is 18.0 Å². The van der Waals surface area contributed by atoms with Gasteiger partial charge >= 0.3 is 6.01 Å². The highest BCUT2D eigenvalue weighted by Crippen LogP contribution is 2.47. The van der Waals surface area contributed by atoms with Gasteiger partial charge in [0.05, 0.1) is 17.2 Å². The summed E-state index contributed by atoms with van der Waals surface area (Å²) >= 11 is 0. The number of aromatic nitrogens is 2. The molecule has 206 valence electrons. The zero-order valence-corrected chi connectivity index (χ0v) is 23.0. The summed E-state index contributed by atoms with van der Waals surface area (Å²) in [5.74, 6) is 1.38. The Morgan fingerprint density at radius 3 is 2.65 bits per heavy atom. The number of piperazine rings is 1. The normalized spacial score (nSPS) is 20.0. The van der Waals surface area contributed by atoms with Crippen molar-refractivity contribution in [2.24, 2.45) is 0 Å². The number of furan rings is 1. The Bertz CT molecular complexity index is 1580. The largest absolute Gasteiger partial charge is 0.463 e. The Labute approximate surface area is 234 Å². The van der Waals surface area contributed by atoms with Gasteiger partial charge in [-0.1, -0.05) is 30.8 Å². The molecule has 2 aromatic heterocycles. The van der Waals surface area contributed by atoms with Crippen molar-refractivity contribution < 1.29 is 13.9 Å². The third-order valence-corrected chi connectivity index (χ3v) is 8.77. The van der Waals surface area contributed by atoms with Gasteiger partial charge in [-0.3, -0.25) is 4.79 Å². The number of fused-ring (bicyclic) bond motifs is 3. The smallest absolute Gasteiger partial charge is 0.319 e. The molecule has 8 heteroatoms. The summed E-state index contributed by atoms with van der Waals surface area (Å²) in [5.41, 5.74) is 5.37. The van der Waals surface area contributed by atoms with E-state index in [1.54, 1.807) is 6.26 Å². The summed E-state index contributed by atoms with van der Waals surface area (Å²) in [4.78, 5) is 28.6. The van der Waals surface area contributed by atoms with E-state index in [4.69, 9.17) is 19.1 Å². The van der Waals surface area contributed by atoms with Gasteiger partial charge < -0.3 is 23.9 Å². The van der Waals surface area contributed by atoms with Crippen molar-refractivity contribution in [1.29, 1.82) is 0 Å². The van der Waals surface area contributed by atoms with Crippen LogP contribution in [0.3, 0.4) is 0 Å². The Kier molecular flexibility index (Phi) is 6.42. The maximum atomic E-state index is 12.2. The predicted molar refractivity (Wildman–Crippen MR) is 157 cm³/mol. The average Bonchev–Trinajstić information content (AvgIpc) is 3.58. The lowest BCUT2D eigenvalue weighted by atomic mass is 9.93. The molecule has 2 aliphatic heterocycles. The first-order valence-corrected chi connectivity index (χ1v) is 14.4. The molecule has 7 rings (SSSR count). The molecule has 0 spiro atoms. The van der Waals surface area contributed by atoms with Crippen LogP contribution in [0.4, 0.5) is 5.82 Å². The third-order valence-electron chi connectivity index (χ3n) is 8.77. The maximum absolute atomic E-state index is 12.2. The van der Waals surface area contributed by atoms with Crippen molar-refractivity contribution >= 4 is 33.6 Å². The van der Waals surface area contributed by atoms with E-state index in [1.807, 2.05) is 4.90 Å². The number of nitrogens with zero attached hydrogens (tertiary/aromatic N) is 5. The zero-order chi connectivity index (χ0) is 27.2. The van der Waals surface area contributed by atoms with Crippen LogP contribution in [0, 0.1) is 0 Å². The molecule has 0 radical (unpaired) electrons. The summed E-state index contributed by atoms with van der Waals surface area (Å²) in [6, 6.07) is 13.7. The van der Waals surface area contributed by atoms with Crippen molar-refractivity contribution in [1.82, 2.24) is 19.8 Å². The molecule has 1 saturated carbocycles. The van der Waals surface area contributed by atoms with Crippen LogP contribution in [0.15, 0.2) is 59.7 Å². The lowest BCUT2D eigenvalue weighted by molar-refractivity contribution is -0.126. The minimum absolute atomic E-state index is 0.0377. The van der Waals surface area contributed by atoms with Crippen molar-refractivity contribution in [2.75, 3.05) is 51.3 Å². The fraction of sp³-hybridized carbons (Fsp3) is 0.406. The monoisotopic (exact) mass is 537 g/mol. The summed E-state index contributed by atoms with van der Waals surface area (Å²) in [7, 11) is 2.15. The summed E-state index contributed by atoms with van der Waals surface area (Å²) in [6.45, 7) is 7.82. The van der Waals surface area contributed by atoms with E-state index in [1.165, 1.54) is 36.5 Å². The van der Waals surface area contributed by atoms with Crippen LogP contribution in [0.25, 0.3) is 33.0 Å². The lowest BCUT2D eigenvalue weighted by Gasteiger charge is -2.35. The number of ether oxygens (including phenoxy) is 1. The predicted octanol–water partition coefficient (Wildman–Crippen LogP) is 5.23. The molecule has 1 amide bonds. The van der Waals surface area contributed by atoms with Gasteiger partial charge in [0.15, 0.2) is 0 Å². The standard InChI is InChI=1S/C32H35N5O3/c1-3-28(38)36-14-16-37(17-15-36)31-29-27(33-32(34-31)40-20-22-7-6-13-35(22)2)19-26(25-12-18-39-30(25)29)24-9-5-4-8-23(24)21-10-11-21/h3-5,8-9,12,18-19,21-22H,1,6-7,10-11,13-17,20H2,2H3/t22-/m0/s1. The van der Waals surface area contributed by atoms with E-state index in [9.17, 15) is 4.79 Å². The number of benzene rings is 2. The van der Waals surface area contributed by atoms with E-state index < -0.39 is 0 Å². The molecule has 8 nitrogen and oxygen atoms in total. The third kappa shape index (κ3) is 4.50. The molecule has 3 fully saturated rings. The highest BCUT2D eigenvalue weighted by molar-refractivity contribution is 6.14. The Hall–Kier alpha value is -3.91. The highest BCUT2D eigenvalue weighted by Gasteiger charge is 2.29. The molecular formula is C32H35N5O3. The SMILES string of the molecule is C=CC(=O)N1CCN(c2nc(OC[C@@H]3CCCN3C)nc3cc(-c4ccccc4C4CC4)c4ccoc4c23)CC1. The van der Waals surface area contributed by atoms with Crippen LogP contribution >= 0.6 is 0 Å². The number of hydrogen-bond acceptors (Lipinski definition) is 7. The van der Waals surface area contributed by atoms with Gasteiger partial charge in [-0.15, -0.1) is 0 Å². The number of anilines is 1. The van der Waals surface area contributed by atoms with E-state index >= 15 is 0 Å². The average molecular weight is 538 g/mol. The first-order chi connectivity index (χ1) is 19.6. The second kappa shape index (κ2) is 10.2. The van der Waals surface area contributed by atoms with Gasteiger partial charge in [-0.2, -0.15) is 9.97 Å². The molecule has 4 aromatic rings. The molecular weight excluding hydrogens is 502 g/mol. The Morgan fingerprint density at radius 1 is 1.07 bits per heavy atom. The Balaban J connectivity index is 1.34. The minimum Gasteiger partial charge on any atom is -0.463 e. The lowest BCUT2D eigenvalue weighted by Crippen LogP contribution is -2.48. The number of likely N-dealkylation sites (N-methyl/N-ethyl adjacent to an activating group) is 1. The van der Waals surface area contributed by atoms with E-state index in [0.717, 1.165) is 46.2 Å². The molecule has 4 heterocycles. The second-order valence-corrected chi connectivity index (χ2v) is 11.3. The maximum Gasteiger partial charge on any atom is 0.319 e. The minimum atomic E-state index is -0.0377. The molecule has 0 unspecified atom stereocenters. The first-order valence-electron chi connectivity index (χ1n) is 14.4. The summed E-state index contributed by atoms with van der Waals surface area (Å²) in [5, 5.41) is 1.95. The molecule has 1 aliphatic carbocycles. The molecule has 3 aliphatic rings. The molecule has 2 saturated heterocycles. The molecule has 0 N–H and O–H groups in total. The van der Waals surface area contributed by atoms with Gasteiger partial charge in [0, 0.05) is 37.6 Å². The van der Waals surface area contributed by atoms with Crippen LogP contribution in [-0.2, 0) is 4.79 Å². The second-order valence-electron chi connectivity index (χ2n) is 11.3. The van der Waals surface area contributed by atoms with Gasteiger partial charge in [0.2, 0.25) is 5.91 Å². The highest BCUT2D eigenvalue weighted by atomic mass is 16.5. The van der Waals surface area contributed by atoms with E-state index in [0.29, 0.717) is 50.8 Å². The van der Waals surface area contributed by atoms with Gasteiger partial charge in [-0.25, -0.2) is 0 Å². The number of amides is 1. The van der Waals surface area contributed by atoms with Crippen LogP contribution < -0.4 is 9.64 Å². The van der Waals surface area contributed by atoms with Gasteiger partial charge in [-0.05, 0) is 80.1 Å². The quantitative estimate of drug-likeness (QED) is 0.299. The van der Waals surface area contributed by atoms with Crippen LogP contribution in [0.1, 0.15) is 37.2 Å². The number of hydrogen-bond donors (Lipinski definition) is 0. The molecule has 1 atom stereocenters. The summed E-state index contributed by atoms with van der Waals surface area (Å²) in [6.07, 6.45) is 7.92. The summed E-state index contributed by atoms with van der Waals surface area (Å²) < 4.78 is 12.5. The van der Waals surface area contributed by atoms with E-state index in [-0.39, 0.29) is 5.91 Å². The molecule has 40 heavy (non-hydrogen) atoms. The number of carbonyl (C=O) groups is 1. The van der Waals surface area contributed by atoms with Crippen LogP contribution in [0.5, 0.6) is 6.01 Å². The number of carbonyl (C=O) groups excluding carboxylic acids is 1. The van der Waals surface area contributed by atoms with Gasteiger partial charge in [0.25, 0.3) is 0 Å². The molecule has 0 bridgehead atoms. The van der Waals surface area contributed by atoms with Crippen molar-refractivity contribution in [3.05, 3.63) is 60.9 Å². The molecule has 2 aromatic carbocycles. The fourth-order valence-electron chi connectivity index (χ4n) is 6.33. The number of likely N-dealkylation sites (tertiary alicyclic amines) is 1. The van der Waals surface area contributed by atoms with E-state index in [2.05, 4.69) is 59.8 Å². The fourth-order valence-corrected chi connectivity index (χ4v) is 6.33. The zero-order valence-electron chi connectivity index (χ0n) is 23.0. The van der Waals surface area contributed by atoms with Crippen molar-refractivity contribution in [2.45, 2.75) is 37.6 Å². The Morgan fingerprint density at radius 2 is 1.90 bits per heavy atom. The number of rotatable bonds is 7. The topological polar surface area (TPSA) is 74.9 Å². The first kappa shape index (κ1) is 25.1. The van der Waals surface area contributed by atoms with Crippen molar-refractivity contribution in [3.63, 3.8) is 0 Å². The van der Waals surface area contributed by atoms with Crippen LogP contribution in [0.2, 0.25) is 0 Å².